The molecular weight excluding hydrogens is 304 g/mol. The van der Waals surface area contributed by atoms with Crippen LogP contribution >= 0.6 is 0 Å². The van der Waals surface area contributed by atoms with Crippen molar-refractivity contribution in [2.75, 3.05) is 19.6 Å². The Labute approximate surface area is 129 Å². The maximum Gasteiger partial charge on any atom is 0.246 e. The van der Waals surface area contributed by atoms with Gasteiger partial charge in [0.25, 0.3) is 0 Å². The van der Waals surface area contributed by atoms with Gasteiger partial charge in [0.15, 0.2) is 0 Å². The molecule has 2 aromatic rings. The Balaban J connectivity index is 1.98. The molecule has 1 N–H and O–H groups in total. The zero-order valence-corrected chi connectivity index (χ0v) is 13.5. The van der Waals surface area contributed by atoms with Gasteiger partial charge < -0.3 is 9.88 Å². The fraction of sp³-hybridized carbons (Fsp3) is 0.538. The Kier molecular flexibility index (Phi) is 4.02. The number of hydrogen-bond acceptors (Lipinski definition) is 5. The van der Waals surface area contributed by atoms with E-state index in [9.17, 15) is 8.42 Å². The molecule has 9 heteroatoms. The van der Waals surface area contributed by atoms with Crippen molar-refractivity contribution < 1.29 is 8.42 Å². The lowest BCUT2D eigenvalue weighted by Gasteiger charge is -2.34. The van der Waals surface area contributed by atoms with Crippen molar-refractivity contribution in [1.82, 2.24) is 29.0 Å². The predicted molar refractivity (Wildman–Crippen MR) is 80.6 cm³/mol. The van der Waals surface area contributed by atoms with Crippen molar-refractivity contribution in [1.29, 1.82) is 0 Å². The van der Waals surface area contributed by atoms with E-state index in [0.717, 1.165) is 5.82 Å². The first kappa shape index (κ1) is 15.2. The third-order valence-corrected chi connectivity index (χ3v) is 5.75. The highest BCUT2D eigenvalue weighted by molar-refractivity contribution is 7.89. The maximum absolute atomic E-state index is 12.9. The molecule has 1 unspecified atom stereocenters. The lowest BCUT2D eigenvalue weighted by Crippen LogP contribution is -2.49. The number of nitrogens with one attached hydrogen (secondary N) is 1. The first-order chi connectivity index (χ1) is 10.5. The molecule has 1 saturated heterocycles. The number of sulfonamides is 1. The summed E-state index contributed by atoms with van der Waals surface area (Å²) in [5.74, 6) is 0.735. The summed E-state index contributed by atoms with van der Waals surface area (Å²) < 4.78 is 30.9. The van der Waals surface area contributed by atoms with Gasteiger partial charge in [-0.3, -0.25) is 4.68 Å². The summed E-state index contributed by atoms with van der Waals surface area (Å²) in [5.41, 5.74) is 0. The molecule has 1 aliphatic rings. The van der Waals surface area contributed by atoms with Crippen LogP contribution in [0.3, 0.4) is 0 Å². The van der Waals surface area contributed by atoms with E-state index in [1.54, 1.807) is 17.1 Å². The van der Waals surface area contributed by atoms with Crippen LogP contribution in [-0.4, -0.2) is 51.7 Å². The average Bonchev–Trinajstić information content (AvgIpc) is 3.16. The van der Waals surface area contributed by atoms with E-state index < -0.39 is 10.0 Å². The Morgan fingerprint density at radius 1 is 1.45 bits per heavy atom. The number of aromatic nitrogens is 4. The quantitative estimate of drug-likeness (QED) is 0.854. The van der Waals surface area contributed by atoms with Gasteiger partial charge in [0, 0.05) is 51.8 Å². The number of piperazine rings is 1. The van der Waals surface area contributed by atoms with Gasteiger partial charge >= 0.3 is 0 Å². The van der Waals surface area contributed by atoms with Crippen LogP contribution in [0.2, 0.25) is 0 Å². The van der Waals surface area contributed by atoms with Crippen LogP contribution in [0.5, 0.6) is 0 Å². The summed E-state index contributed by atoms with van der Waals surface area (Å²) in [7, 11) is -1.71. The summed E-state index contributed by atoms with van der Waals surface area (Å²) in [5, 5.41) is 7.32. The first-order valence-electron chi connectivity index (χ1n) is 7.26. The molecule has 8 nitrogen and oxygen atoms in total. The van der Waals surface area contributed by atoms with Crippen LogP contribution in [0.15, 0.2) is 29.7 Å². The summed E-state index contributed by atoms with van der Waals surface area (Å²) in [6.45, 7) is 4.15. The number of imidazole rings is 1. The molecule has 120 valence electrons. The molecule has 0 spiro atoms. The number of hydrogen-bond donors (Lipinski definition) is 1. The van der Waals surface area contributed by atoms with Gasteiger partial charge in [0.1, 0.15) is 10.7 Å². The van der Waals surface area contributed by atoms with Crippen LogP contribution in [0.25, 0.3) is 0 Å². The van der Waals surface area contributed by atoms with E-state index >= 15 is 0 Å². The van der Waals surface area contributed by atoms with Crippen molar-refractivity contribution in [2.45, 2.75) is 24.4 Å². The number of nitrogens with zero attached hydrogens (tertiary/aromatic N) is 5. The second-order valence-corrected chi connectivity index (χ2v) is 7.15. The molecule has 2 aromatic heterocycles. The fourth-order valence-electron chi connectivity index (χ4n) is 2.68. The third-order valence-electron chi connectivity index (χ3n) is 3.89. The van der Waals surface area contributed by atoms with Gasteiger partial charge in [-0.25, -0.2) is 13.4 Å². The third kappa shape index (κ3) is 2.55. The fourth-order valence-corrected chi connectivity index (χ4v) is 4.22. The highest BCUT2D eigenvalue weighted by Gasteiger charge is 2.36. The summed E-state index contributed by atoms with van der Waals surface area (Å²) in [6.07, 6.45) is 6.50. The molecule has 0 aliphatic carbocycles. The number of aryl methyl sites for hydroxylation is 2. The first-order valence-corrected chi connectivity index (χ1v) is 8.70. The van der Waals surface area contributed by atoms with Crippen molar-refractivity contribution >= 4 is 10.0 Å². The standard InChI is InChI=1S/C13H20N6O2S/c1-3-18-10-11(8-16-18)22(20,21)19-7-4-14-9-12(19)13-15-5-6-17(13)2/h5-6,8,10,12,14H,3-4,7,9H2,1-2H3. The van der Waals surface area contributed by atoms with Gasteiger partial charge in [0.05, 0.1) is 12.2 Å². The molecule has 0 aromatic carbocycles. The van der Waals surface area contributed by atoms with Gasteiger partial charge in [0.2, 0.25) is 10.0 Å². The van der Waals surface area contributed by atoms with E-state index in [0.29, 0.717) is 26.2 Å². The van der Waals surface area contributed by atoms with Crippen molar-refractivity contribution in [3.05, 3.63) is 30.6 Å². The molecule has 22 heavy (non-hydrogen) atoms. The highest BCUT2D eigenvalue weighted by Crippen LogP contribution is 2.27. The minimum absolute atomic E-state index is 0.232. The van der Waals surface area contributed by atoms with Gasteiger partial charge in [-0.2, -0.15) is 9.40 Å². The Morgan fingerprint density at radius 3 is 2.91 bits per heavy atom. The molecule has 1 fully saturated rings. The summed E-state index contributed by atoms with van der Waals surface area (Å²) in [6, 6.07) is -0.316. The molecule has 0 bridgehead atoms. The van der Waals surface area contributed by atoms with E-state index in [1.165, 1.54) is 10.5 Å². The molecule has 0 saturated carbocycles. The van der Waals surface area contributed by atoms with Crippen LogP contribution < -0.4 is 5.32 Å². The monoisotopic (exact) mass is 324 g/mol. The van der Waals surface area contributed by atoms with Crippen LogP contribution in [0, 0.1) is 0 Å². The largest absolute Gasteiger partial charge is 0.337 e. The molecule has 3 rings (SSSR count). The van der Waals surface area contributed by atoms with Gasteiger partial charge in [-0.15, -0.1) is 0 Å². The lowest BCUT2D eigenvalue weighted by molar-refractivity contribution is 0.258. The lowest BCUT2D eigenvalue weighted by atomic mass is 10.2. The molecule has 1 aliphatic heterocycles. The molecule has 3 heterocycles. The normalized spacial score (nSPS) is 20.4. The molecule has 0 amide bonds. The number of rotatable bonds is 4. The molecule has 0 radical (unpaired) electrons. The van der Waals surface area contributed by atoms with Crippen LogP contribution in [-0.2, 0) is 23.6 Å². The zero-order valence-electron chi connectivity index (χ0n) is 12.7. The van der Waals surface area contributed by atoms with Crippen molar-refractivity contribution in [3.63, 3.8) is 0 Å². The maximum atomic E-state index is 12.9. The average molecular weight is 324 g/mol. The van der Waals surface area contributed by atoms with Gasteiger partial charge in [-0.1, -0.05) is 0 Å². The van der Waals surface area contributed by atoms with Crippen LogP contribution in [0.1, 0.15) is 18.8 Å². The topological polar surface area (TPSA) is 85.0 Å². The Morgan fingerprint density at radius 2 is 2.27 bits per heavy atom. The van der Waals surface area contributed by atoms with E-state index in [-0.39, 0.29) is 10.9 Å². The SMILES string of the molecule is CCn1cc(S(=O)(=O)N2CCNCC2c2nccn2C)cn1. The molecular formula is C13H20N6O2S. The zero-order chi connectivity index (χ0) is 15.7. The van der Waals surface area contributed by atoms with E-state index in [1.807, 2.05) is 24.7 Å². The Hall–Kier alpha value is -1.71. The molecule has 1 atom stereocenters. The van der Waals surface area contributed by atoms with Crippen LogP contribution in [0.4, 0.5) is 0 Å². The minimum Gasteiger partial charge on any atom is -0.337 e. The summed E-state index contributed by atoms with van der Waals surface area (Å²) in [4.78, 5) is 4.55. The van der Waals surface area contributed by atoms with Crippen molar-refractivity contribution in [2.24, 2.45) is 7.05 Å². The highest BCUT2D eigenvalue weighted by atomic mass is 32.2. The Bertz CT molecular complexity index is 750. The second kappa shape index (κ2) is 5.82. The van der Waals surface area contributed by atoms with E-state index in [2.05, 4.69) is 15.4 Å². The smallest absolute Gasteiger partial charge is 0.246 e. The minimum atomic E-state index is -3.59. The van der Waals surface area contributed by atoms with Crippen molar-refractivity contribution in [3.8, 4) is 0 Å². The van der Waals surface area contributed by atoms with Gasteiger partial charge in [-0.05, 0) is 6.92 Å². The van der Waals surface area contributed by atoms with E-state index in [4.69, 9.17) is 0 Å². The second-order valence-electron chi connectivity index (χ2n) is 5.26. The predicted octanol–water partition coefficient (Wildman–Crippen LogP) is -0.0283. The summed E-state index contributed by atoms with van der Waals surface area (Å²) >= 11 is 0.